The van der Waals surface area contributed by atoms with E-state index in [4.69, 9.17) is 0 Å². The van der Waals surface area contributed by atoms with Crippen LogP contribution in [0, 0.1) is 10.1 Å². The zero-order valence-electron chi connectivity index (χ0n) is 11.2. The Kier molecular flexibility index (Phi) is 3.02. The van der Waals surface area contributed by atoms with Crippen molar-refractivity contribution in [3.05, 3.63) is 52.2 Å². The smallest absolute Gasteiger partial charge is 0.287 e. The minimum absolute atomic E-state index is 0.0540. The first-order valence-corrected chi connectivity index (χ1v) is 6.31. The molecule has 2 aromatic rings. The summed E-state index contributed by atoms with van der Waals surface area (Å²) in [5.41, 5.74) is 2.59. The molecule has 1 N–H and O–H groups in total. The molecule has 2 heterocycles. The number of nitrogens with zero attached hydrogens (tertiary/aromatic N) is 3. The lowest BCUT2D eigenvalue weighted by Crippen LogP contribution is -2.20. The van der Waals surface area contributed by atoms with Gasteiger partial charge in [-0.2, -0.15) is 0 Å². The second-order valence-corrected chi connectivity index (χ2v) is 4.76. The molecule has 0 spiro atoms. The molecule has 1 amide bonds. The van der Waals surface area contributed by atoms with Gasteiger partial charge in [0.15, 0.2) is 0 Å². The Balaban J connectivity index is 1.81. The van der Waals surface area contributed by atoms with Crippen LogP contribution in [0.25, 0.3) is 0 Å². The summed E-state index contributed by atoms with van der Waals surface area (Å²) in [6, 6.07) is 8.54. The first kappa shape index (κ1) is 13.0. The summed E-state index contributed by atoms with van der Waals surface area (Å²) in [6.07, 6.45) is 1.59. The SMILES string of the molecule is CN1C(=O)Cc2cc(Nc3ccc([N+](=O)[O-])cn3)ccc21. The lowest BCUT2D eigenvalue weighted by atomic mass is 10.1. The fraction of sp³-hybridized carbons (Fsp3) is 0.143. The summed E-state index contributed by atoms with van der Waals surface area (Å²) in [5, 5.41) is 13.6. The number of anilines is 3. The number of likely N-dealkylation sites (N-methyl/N-ethyl adjacent to an activating group) is 1. The standard InChI is InChI=1S/C14H12N4O3/c1-17-12-4-2-10(6-9(12)7-14(17)19)16-13-5-3-11(8-15-13)18(20)21/h2-6,8H,7H2,1H3,(H,15,16). The van der Waals surface area contributed by atoms with Crippen LogP contribution in [0.3, 0.4) is 0 Å². The minimum Gasteiger partial charge on any atom is -0.340 e. The summed E-state index contributed by atoms with van der Waals surface area (Å²) in [5.74, 6) is 0.578. The average molecular weight is 284 g/mol. The highest BCUT2D eigenvalue weighted by Gasteiger charge is 2.23. The van der Waals surface area contributed by atoms with Crippen molar-refractivity contribution in [3.8, 4) is 0 Å². The number of benzene rings is 1. The molecule has 1 aromatic carbocycles. The number of hydrogen-bond donors (Lipinski definition) is 1. The van der Waals surface area contributed by atoms with Crippen molar-refractivity contribution < 1.29 is 9.72 Å². The van der Waals surface area contributed by atoms with Gasteiger partial charge in [-0.25, -0.2) is 4.98 Å². The molecule has 1 aliphatic rings. The maximum Gasteiger partial charge on any atom is 0.287 e. The highest BCUT2D eigenvalue weighted by atomic mass is 16.6. The summed E-state index contributed by atoms with van der Waals surface area (Å²) < 4.78 is 0. The van der Waals surface area contributed by atoms with Gasteiger partial charge >= 0.3 is 0 Å². The molecule has 7 nitrogen and oxygen atoms in total. The van der Waals surface area contributed by atoms with Gasteiger partial charge in [-0.05, 0) is 29.8 Å². The molecule has 1 aliphatic heterocycles. The van der Waals surface area contributed by atoms with Gasteiger partial charge in [-0.3, -0.25) is 14.9 Å². The van der Waals surface area contributed by atoms with Gasteiger partial charge in [0.05, 0.1) is 11.3 Å². The number of hydrogen-bond acceptors (Lipinski definition) is 5. The third-order valence-corrected chi connectivity index (χ3v) is 3.39. The predicted octanol–water partition coefficient (Wildman–Crippen LogP) is 2.25. The van der Waals surface area contributed by atoms with Gasteiger partial charge in [0.1, 0.15) is 12.0 Å². The maximum atomic E-state index is 11.6. The maximum absolute atomic E-state index is 11.6. The largest absolute Gasteiger partial charge is 0.340 e. The number of nitrogens with one attached hydrogen (secondary N) is 1. The monoisotopic (exact) mass is 284 g/mol. The van der Waals surface area contributed by atoms with Crippen LogP contribution in [0.1, 0.15) is 5.56 Å². The van der Waals surface area contributed by atoms with Gasteiger partial charge in [0.2, 0.25) is 5.91 Å². The molecule has 7 heteroatoms. The van der Waals surface area contributed by atoms with E-state index in [-0.39, 0.29) is 11.6 Å². The molecule has 106 valence electrons. The zero-order chi connectivity index (χ0) is 15.0. The molecular formula is C14H12N4O3. The van der Waals surface area contributed by atoms with E-state index in [1.54, 1.807) is 18.0 Å². The fourth-order valence-electron chi connectivity index (χ4n) is 2.26. The second kappa shape index (κ2) is 4.86. The number of aromatic nitrogens is 1. The van der Waals surface area contributed by atoms with Crippen LogP contribution in [0.5, 0.6) is 0 Å². The number of pyridine rings is 1. The van der Waals surface area contributed by atoms with E-state index < -0.39 is 4.92 Å². The number of fused-ring (bicyclic) bond motifs is 1. The van der Waals surface area contributed by atoms with E-state index in [2.05, 4.69) is 10.3 Å². The van der Waals surface area contributed by atoms with Crippen molar-refractivity contribution >= 4 is 28.8 Å². The van der Waals surface area contributed by atoms with Gasteiger partial charge in [-0.1, -0.05) is 0 Å². The van der Waals surface area contributed by atoms with E-state index in [0.29, 0.717) is 12.2 Å². The van der Waals surface area contributed by atoms with Crippen molar-refractivity contribution in [1.29, 1.82) is 0 Å². The predicted molar refractivity (Wildman–Crippen MR) is 77.7 cm³/mol. The number of carbonyl (C=O) groups excluding carboxylic acids is 1. The van der Waals surface area contributed by atoms with Crippen LogP contribution in [-0.4, -0.2) is 22.9 Å². The molecule has 1 aromatic heterocycles. The highest BCUT2D eigenvalue weighted by Crippen LogP contribution is 2.30. The van der Waals surface area contributed by atoms with E-state index in [1.807, 2.05) is 18.2 Å². The van der Waals surface area contributed by atoms with Crippen LogP contribution in [0.4, 0.5) is 22.9 Å². The molecule has 0 fully saturated rings. The quantitative estimate of drug-likeness (QED) is 0.689. The molecule has 0 unspecified atom stereocenters. The molecule has 0 aliphatic carbocycles. The van der Waals surface area contributed by atoms with Crippen molar-refractivity contribution in [2.75, 3.05) is 17.3 Å². The van der Waals surface area contributed by atoms with Crippen molar-refractivity contribution in [2.45, 2.75) is 6.42 Å². The van der Waals surface area contributed by atoms with Crippen molar-refractivity contribution in [3.63, 3.8) is 0 Å². The Hall–Kier alpha value is -2.96. The number of carbonyl (C=O) groups is 1. The lowest BCUT2D eigenvalue weighted by molar-refractivity contribution is -0.385. The van der Waals surface area contributed by atoms with Crippen LogP contribution in [0.2, 0.25) is 0 Å². The summed E-state index contributed by atoms with van der Waals surface area (Å²) in [7, 11) is 1.75. The third kappa shape index (κ3) is 2.40. The van der Waals surface area contributed by atoms with Crippen LogP contribution >= 0.6 is 0 Å². The molecule has 21 heavy (non-hydrogen) atoms. The first-order valence-electron chi connectivity index (χ1n) is 6.31. The van der Waals surface area contributed by atoms with E-state index in [0.717, 1.165) is 16.9 Å². The lowest BCUT2D eigenvalue weighted by Gasteiger charge is -2.11. The number of rotatable bonds is 3. The van der Waals surface area contributed by atoms with E-state index >= 15 is 0 Å². The summed E-state index contributed by atoms with van der Waals surface area (Å²) in [6.45, 7) is 0. The molecule has 0 bridgehead atoms. The van der Waals surface area contributed by atoms with Crippen LogP contribution in [0.15, 0.2) is 36.5 Å². The first-order chi connectivity index (χ1) is 10.0. The van der Waals surface area contributed by atoms with Gasteiger partial charge in [0.25, 0.3) is 5.69 Å². The van der Waals surface area contributed by atoms with Gasteiger partial charge < -0.3 is 10.2 Å². The Labute approximate surface area is 120 Å². The third-order valence-electron chi connectivity index (χ3n) is 3.39. The highest BCUT2D eigenvalue weighted by molar-refractivity contribution is 6.01. The molecule has 3 rings (SSSR count). The minimum atomic E-state index is -0.492. The topological polar surface area (TPSA) is 88.4 Å². The molecule has 0 radical (unpaired) electrons. The van der Waals surface area contributed by atoms with E-state index in [9.17, 15) is 14.9 Å². The summed E-state index contributed by atoms with van der Waals surface area (Å²) in [4.78, 5) is 27.3. The molecular weight excluding hydrogens is 272 g/mol. The summed E-state index contributed by atoms with van der Waals surface area (Å²) >= 11 is 0. The number of amides is 1. The Morgan fingerprint density at radius 3 is 2.81 bits per heavy atom. The Bertz CT molecular complexity index is 727. The van der Waals surface area contributed by atoms with Gasteiger partial charge in [-0.15, -0.1) is 0 Å². The molecule has 0 saturated carbocycles. The zero-order valence-corrected chi connectivity index (χ0v) is 11.2. The Morgan fingerprint density at radius 2 is 2.14 bits per heavy atom. The van der Waals surface area contributed by atoms with Crippen LogP contribution in [-0.2, 0) is 11.2 Å². The normalized spacial score (nSPS) is 13.2. The van der Waals surface area contributed by atoms with E-state index in [1.165, 1.54) is 12.3 Å². The van der Waals surface area contributed by atoms with Crippen molar-refractivity contribution in [1.82, 2.24) is 4.98 Å². The molecule has 0 saturated heterocycles. The molecule has 0 atom stereocenters. The van der Waals surface area contributed by atoms with Crippen molar-refractivity contribution in [2.24, 2.45) is 0 Å². The Morgan fingerprint density at radius 1 is 1.33 bits per heavy atom. The van der Waals surface area contributed by atoms with Gasteiger partial charge in [0, 0.05) is 24.5 Å². The van der Waals surface area contributed by atoms with Crippen LogP contribution < -0.4 is 10.2 Å². The number of nitro groups is 1. The average Bonchev–Trinajstić information content (AvgIpc) is 2.74. The fourth-order valence-corrected chi connectivity index (χ4v) is 2.26. The second-order valence-electron chi connectivity index (χ2n) is 4.76.